The lowest BCUT2D eigenvalue weighted by Gasteiger charge is -2.07. The van der Waals surface area contributed by atoms with Gasteiger partial charge in [-0.05, 0) is 43.4 Å². The number of hydrogen-bond donors (Lipinski definition) is 3. The second kappa shape index (κ2) is 8.25. The van der Waals surface area contributed by atoms with Crippen molar-refractivity contribution in [1.82, 2.24) is 10.0 Å². The molecule has 7 nitrogen and oxygen atoms in total. The lowest BCUT2D eigenvalue weighted by molar-refractivity contribution is -0.137. The highest BCUT2D eigenvalue weighted by atomic mass is 32.2. The Morgan fingerprint density at radius 3 is 2.38 bits per heavy atom. The first kappa shape index (κ1) is 18.4. The molecule has 132 valence electrons. The number of nitrogens with one attached hydrogen (secondary N) is 2. The van der Waals surface area contributed by atoms with Crippen LogP contribution >= 0.6 is 0 Å². The fourth-order valence-electron chi connectivity index (χ4n) is 2.14. The molecule has 0 unspecified atom stereocenters. The van der Waals surface area contributed by atoms with E-state index in [1.54, 1.807) is 24.3 Å². The highest BCUT2D eigenvalue weighted by molar-refractivity contribution is 7.89. The molecule has 0 atom stereocenters. The molecule has 0 radical (unpaired) electrons. The number of hydrogen-bond acceptors (Lipinski definition) is 4. The van der Waals surface area contributed by atoms with Crippen molar-refractivity contribution in [2.45, 2.75) is 49.5 Å². The van der Waals surface area contributed by atoms with Crippen molar-refractivity contribution < 1.29 is 23.1 Å². The van der Waals surface area contributed by atoms with E-state index in [-0.39, 0.29) is 29.7 Å². The number of aliphatic carboxylic acids is 1. The Morgan fingerprint density at radius 2 is 1.79 bits per heavy atom. The van der Waals surface area contributed by atoms with E-state index in [9.17, 15) is 18.0 Å². The largest absolute Gasteiger partial charge is 0.481 e. The molecule has 0 aromatic heterocycles. The lowest BCUT2D eigenvalue weighted by Crippen LogP contribution is -2.25. The van der Waals surface area contributed by atoms with E-state index in [0.29, 0.717) is 19.4 Å². The van der Waals surface area contributed by atoms with Gasteiger partial charge in [0, 0.05) is 25.4 Å². The third kappa shape index (κ3) is 6.29. The van der Waals surface area contributed by atoms with Gasteiger partial charge in [0.1, 0.15) is 0 Å². The fourth-order valence-corrected chi connectivity index (χ4v) is 3.44. The Bertz CT molecular complexity index is 681. The standard InChI is InChI=1S/C16H22N2O5S/c19-15(17-11-1-2-16(20)21)10-5-12-3-8-14(9-4-12)24(22,23)18-13-6-7-13/h3-4,8-9,13,18H,1-2,5-7,10-11H2,(H,17,19)(H,20,21). The normalized spacial score (nSPS) is 14.3. The van der Waals surface area contributed by atoms with E-state index in [1.165, 1.54) is 0 Å². The molecule has 1 aliphatic carbocycles. The maximum Gasteiger partial charge on any atom is 0.303 e. The molecule has 1 aromatic carbocycles. The maximum absolute atomic E-state index is 12.0. The SMILES string of the molecule is O=C(O)CCCNC(=O)CCc1ccc(S(=O)(=O)NC2CC2)cc1. The summed E-state index contributed by atoms with van der Waals surface area (Å²) in [5.41, 5.74) is 0.876. The van der Waals surface area contributed by atoms with Gasteiger partial charge in [-0.3, -0.25) is 9.59 Å². The molecule has 0 bridgehead atoms. The topological polar surface area (TPSA) is 113 Å². The quantitative estimate of drug-likeness (QED) is 0.544. The summed E-state index contributed by atoms with van der Waals surface area (Å²) in [6, 6.07) is 6.58. The van der Waals surface area contributed by atoms with Gasteiger partial charge in [0.05, 0.1) is 4.90 Å². The molecule has 1 amide bonds. The van der Waals surface area contributed by atoms with Crippen LogP contribution in [0, 0.1) is 0 Å². The molecular formula is C16H22N2O5S. The monoisotopic (exact) mass is 354 g/mol. The van der Waals surface area contributed by atoms with Gasteiger partial charge in [0.15, 0.2) is 0 Å². The van der Waals surface area contributed by atoms with Crippen molar-refractivity contribution in [2.24, 2.45) is 0 Å². The minimum absolute atomic E-state index is 0.0328. The number of carboxylic acid groups (broad SMARTS) is 1. The zero-order valence-electron chi connectivity index (χ0n) is 13.3. The van der Waals surface area contributed by atoms with Crippen molar-refractivity contribution in [3.05, 3.63) is 29.8 Å². The summed E-state index contributed by atoms with van der Waals surface area (Å²) in [7, 11) is -3.44. The first-order valence-electron chi connectivity index (χ1n) is 7.96. The van der Waals surface area contributed by atoms with Crippen LogP contribution in [0.4, 0.5) is 0 Å². The van der Waals surface area contributed by atoms with Crippen LogP contribution in [0.25, 0.3) is 0 Å². The van der Waals surface area contributed by atoms with Crippen molar-refractivity contribution in [1.29, 1.82) is 0 Å². The van der Waals surface area contributed by atoms with E-state index in [2.05, 4.69) is 10.0 Å². The van der Waals surface area contributed by atoms with Gasteiger partial charge >= 0.3 is 5.97 Å². The minimum Gasteiger partial charge on any atom is -0.481 e. The fraction of sp³-hybridized carbons (Fsp3) is 0.500. The first-order chi connectivity index (χ1) is 11.4. The molecule has 2 rings (SSSR count). The third-order valence-electron chi connectivity index (χ3n) is 3.66. The number of benzene rings is 1. The molecule has 24 heavy (non-hydrogen) atoms. The van der Waals surface area contributed by atoms with Crippen LogP contribution in [0.3, 0.4) is 0 Å². The predicted molar refractivity (Wildman–Crippen MR) is 88.0 cm³/mol. The predicted octanol–water partition coefficient (Wildman–Crippen LogP) is 1.04. The van der Waals surface area contributed by atoms with Crippen molar-refractivity contribution in [3.8, 4) is 0 Å². The van der Waals surface area contributed by atoms with E-state index >= 15 is 0 Å². The van der Waals surface area contributed by atoms with Crippen molar-refractivity contribution in [2.75, 3.05) is 6.54 Å². The number of carbonyl (C=O) groups is 2. The van der Waals surface area contributed by atoms with Gasteiger partial charge in [0.2, 0.25) is 15.9 Å². The van der Waals surface area contributed by atoms with E-state index in [1.807, 2.05) is 0 Å². The summed E-state index contributed by atoms with van der Waals surface area (Å²) < 4.78 is 26.7. The second-order valence-corrected chi connectivity index (χ2v) is 7.60. The molecule has 8 heteroatoms. The molecule has 0 spiro atoms. The van der Waals surface area contributed by atoms with Crippen LogP contribution in [0.1, 0.15) is 37.7 Å². The number of aryl methyl sites for hydroxylation is 1. The Kier molecular flexibility index (Phi) is 6.33. The number of carbonyl (C=O) groups excluding carboxylic acids is 1. The van der Waals surface area contributed by atoms with Crippen LogP contribution in [-0.2, 0) is 26.0 Å². The van der Waals surface area contributed by atoms with Crippen LogP contribution in [0.15, 0.2) is 29.2 Å². The van der Waals surface area contributed by atoms with Crippen molar-refractivity contribution >= 4 is 21.9 Å². The summed E-state index contributed by atoms with van der Waals surface area (Å²) in [5.74, 6) is -1.03. The zero-order chi connectivity index (χ0) is 17.6. The minimum atomic E-state index is -3.44. The van der Waals surface area contributed by atoms with Gasteiger partial charge in [-0.2, -0.15) is 0 Å². The maximum atomic E-state index is 12.0. The Balaban J connectivity index is 1.75. The second-order valence-electron chi connectivity index (χ2n) is 5.89. The molecule has 0 heterocycles. The molecule has 1 aromatic rings. The molecule has 0 aliphatic heterocycles. The van der Waals surface area contributed by atoms with Gasteiger partial charge in [-0.15, -0.1) is 0 Å². The number of amides is 1. The molecule has 1 aliphatic rings. The number of rotatable bonds is 10. The number of sulfonamides is 1. The summed E-state index contributed by atoms with van der Waals surface area (Å²) in [6.45, 7) is 0.342. The molecule has 3 N–H and O–H groups in total. The number of carboxylic acids is 1. The summed E-state index contributed by atoms with van der Waals surface area (Å²) in [6.07, 6.45) is 2.99. The van der Waals surface area contributed by atoms with Gasteiger partial charge in [-0.1, -0.05) is 12.1 Å². The molecule has 1 saturated carbocycles. The van der Waals surface area contributed by atoms with Crippen LogP contribution in [0.2, 0.25) is 0 Å². The highest BCUT2D eigenvalue weighted by Crippen LogP contribution is 2.22. The molecular weight excluding hydrogens is 332 g/mol. The van der Waals surface area contributed by atoms with Crippen LogP contribution in [0.5, 0.6) is 0 Å². The average molecular weight is 354 g/mol. The Hall–Kier alpha value is -1.93. The van der Waals surface area contributed by atoms with E-state index in [0.717, 1.165) is 18.4 Å². The van der Waals surface area contributed by atoms with Gasteiger partial charge in [0.25, 0.3) is 0 Å². The first-order valence-corrected chi connectivity index (χ1v) is 9.45. The highest BCUT2D eigenvalue weighted by Gasteiger charge is 2.27. The summed E-state index contributed by atoms with van der Waals surface area (Å²) in [5, 5.41) is 11.2. The van der Waals surface area contributed by atoms with E-state index < -0.39 is 16.0 Å². The molecule has 1 fully saturated rings. The third-order valence-corrected chi connectivity index (χ3v) is 5.20. The zero-order valence-corrected chi connectivity index (χ0v) is 14.1. The van der Waals surface area contributed by atoms with Crippen molar-refractivity contribution in [3.63, 3.8) is 0 Å². The summed E-state index contributed by atoms with van der Waals surface area (Å²) >= 11 is 0. The van der Waals surface area contributed by atoms with E-state index in [4.69, 9.17) is 5.11 Å². The Morgan fingerprint density at radius 1 is 1.12 bits per heavy atom. The van der Waals surface area contributed by atoms with Gasteiger partial charge < -0.3 is 10.4 Å². The smallest absolute Gasteiger partial charge is 0.303 e. The molecule has 0 saturated heterocycles. The Labute approximate surface area is 141 Å². The van der Waals surface area contributed by atoms with Crippen LogP contribution < -0.4 is 10.0 Å². The van der Waals surface area contributed by atoms with Gasteiger partial charge in [-0.25, -0.2) is 13.1 Å². The lowest BCUT2D eigenvalue weighted by atomic mass is 10.1. The average Bonchev–Trinajstić information content (AvgIpc) is 3.33. The summed E-state index contributed by atoms with van der Waals surface area (Å²) in [4.78, 5) is 22.2. The van der Waals surface area contributed by atoms with Crippen LogP contribution in [-0.4, -0.2) is 38.0 Å².